The smallest absolute Gasteiger partial charge is 0.264 e. The Hall–Kier alpha value is -2.84. The number of nitrogens with zero attached hydrogens (tertiary/aromatic N) is 1. The minimum absolute atomic E-state index is 0.141. The molecule has 3 rings (SSSR count). The maximum Gasteiger partial charge on any atom is 0.264 e. The van der Waals surface area contributed by atoms with Crippen LogP contribution in [0.2, 0.25) is 0 Å². The highest BCUT2D eigenvalue weighted by molar-refractivity contribution is 7.98. The maximum atomic E-state index is 13.3. The predicted molar refractivity (Wildman–Crippen MR) is 132 cm³/mol. The third kappa shape index (κ3) is 7.33. The average molecular weight is 487 g/mol. The number of carbonyl (C=O) groups excluding carboxylic acids is 1. The monoisotopic (exact) mass is 486 g/mol. The zero-order chi connectivity index (χ0) is 23.7. The molecule has 0 aliphatic rings. The van der Waals surface area contributed by atoms with E-state index in [1.165, 1.54) is 12.1 Å². The largest absolute Gasteiger partial charge is 0.354 e. The van der Waals surface area contributed by atoms with Crippen molar-refractivity contribution in [2.75, 3.05) is 23.1 Å². The van der Waals surface area contributed by atoms with E-state index < -0.39 is 10.0 Å². The Balaban J connectivity index is 1.54. The summed E-state index contributed by atoms with van der Waals surface area (Å²) in [5.41, 5.74) is 2.43. The molecule has 1 N–H and O–H groups in total. The van der Waals surface area contributed by atoms with Gasteiger partial charge >= 0.3 is 0 Å². The zero-order valence-corrected chi connectivity index (χ0v) is 20.0. The van der Waals surface area contributed by atoms with Crippen molar-refractivity contribution in [3.63, 3.8) is 0 Å². The molecule has 5 nitrogen and oxygen atoms in total. The van der Waals surface area contributed by atoms with Crippen LogP contribution < -0.4 is 9.62 Å². The molecule has 0 aromatic heterocycles. The van der Waals surface area contributed by atoms with Gasteiger partial charge in [-0.3, -0.25) is 9.10 Å². The van der Waals surface area contributed by atoms with Gasteiger partial charge in [0.1, 0.15) is 12.4 Å². The van der Waals surface area contributed by atoms with Gasteiger partial charge in [0.2, 0.25) is 5.91 Å². The van der Waals surface area contributed by atoms with Gasteiger partial charge in [-0.15, -0.1) is 0 Å². The van der Waals surface area contributed by atoms with E-state index in [0.717, 1.165) is 33.4 Å². The topological polar surface area (TPSA) is 66.5 Å². The Morgan fingerprint density at radius 1 is 0.970 bits per heavy atom. The van der Waals surface area contributed by atoms with Crippen LogP contribution in [0.5, 0.6) is 0 Å². The first kappa shape index (κ1) is 24.8. The number of sulfonamides is 1. The maximum absolute atomic E-state index is 13.3. The van der Waals surface area contributed by atoms with Gasteiger partial charge < -0.3 is 5.32 Å². The molecule has 3 aromatic rings. The van der Waals surface area contributed by atoms with E-state index >= 15 is 0 Å². The van der Waals surface area contributed by atoms with Crippen molar-refractivity contribution in [3.8, 4) is 0 Å². The van der Waals surface area contributed by atoms with Crippen LogP contribution in [0.1, 0.15) is 17.5 Å². The number of anilines is 1. The molecule has 0 radical (unpaired) electrons. The second-order valence-corrected chi connectivity index (χ2v) is 10.5. The van der Waals surface area contributed by atoms with E-state index in [1.807, 2.05) is 6.92 Å². The number of hydrogen-bond donors (Lipinski definition) is 1. The van der Waals surface area contributed by atoms with Crippen LogP contribution in [0.4, 0.5) is 10.1 Å². The quantitative estimate of drug-likeness (QED) is 0.397. The fourth-order valence-electron chi connectivity index (χ4n) is 3.11. The van der Waals surface area contributed by atoms with Crippen molar-refractivity contribution < 1.29 is 17.6 Å². The number of hydrogen-bond acceptors (Lipinski definition) is 4. The van der Waals surface area contributed by atoms with Gasteiger partial charge in [0.25, 0.3) is 10.0 Å². The van der Waals surface area contributed by atoms with Crippen molar-refractivity contribution >= 4 is 33.4 Å². The molecule has 0 heterocycles. The zero-order valence-electron chi connectivity index (χ0n) is 18.4. The van der Waals surface area contributed by atoms with E-state index in [-0.39, 0.29) is 23.2 Å². The van der Waals surface area contributed by atoms with Gasteiger partial charge in [-0.2, -0.15) is 11.8 Å². The molecule has 0 aliphatic heterocycles. The molecule has 0 aliphatic carbocycles. The highest BCUT2D eigenvalue weighted by atomic mass is 32.2. The van der Waals surface area contributed by atoms with E-state index in [0.29, 0.717) is 12.2 Å². The van der Waals surface area contributed by atoms with Gasteiger partial charge in [-0.05, 0) is 61.1 Å². The molecular weight excluding hydrogens is 459 g/mol. The molecule has 0 unspecified atom stereocenters. The number of amides is 1. The number of benzene rings is 3. The van der Waals surface area contributed by atoms with Gasteiger partial charge in [-0.1, -0.05) is 48.0 Å². The lowest BCUT2D eigenvalue weighted by Crippen LogP contribution is -2.41. The molecule has 0 bridgehead atoms. The van der Waals surface area contributed by atoms with E-state index in [1.54, 1.807) is 78.5 Å². The normalized spacial score (nSPS) is 11.2. The lowest BCUT2D eigenvalue weighted by Gasteiger charge is -2.24. The van der Waals surface area contributed by atoms with Crippen LogP contribution in [-0.4, -0.2) is 33.2 Å². The molecule has 174 valence electrons. The van der Waals surface area contributed by atoms with Crippen LogP contribution >= 0.6 is 11.8 Å². The Labute approximate surface area is 199 Å². The number of carbonyl (C=O) groups is 1. The summed E-state index contributed by atoms with van der Waals surface area (Å²) >= 11 is 1.70. The summed E-state index contributed by atoms with van der Waals surface area (Å²) in [6.45, 7) is 2.03. The summed E-state index contributed by atoms with van der Waals surface area (Å²) in [6, 6.07) is 21.6. The van der Waals surface area contributed by atoms with Crippen molar-refractivity contribution in [2.45, 2.75) is 24.0 Å². The summed E-state index contributed by atoms with van der Waals surface area (Å²) in [7, 11) is -3.90. The number of aryl methyl sites for hydroxylation is 1. The first-order chi connectivity index (χ1) is 15.9. The second kappa shape index (κ2) is 11.9. The SMILES string of the molecule is Cc1ccc(S(=O)(=O)N(CC(=O)NCCCSCc2ccc(F)cc2)c2ccccc2)cc1. The summed E-state index contributed by atoms with van der Waals surface area (Å²) in [5, 5.41) is 2.81. The molecule has 3 aromatic carbocycles. The number of rotatable bonds is 11. The van der Waals surface area contributed by atoms with Gasteiger partial charge in [0.05, 0.1) is 10.6 Å². The van der Waals surface area contributed by atoms with E-state index in [9.17, 15) is 17.6 Å². The number of para-hydroxylation sites is 1. The van der Waals surface area contributed by atoms with Crippen LogP contribution in [0.3, 0.4) is 0 Å². The molecule has 0 atom stereocenters. The van der Waals surface area contributed by atoms with Crippen molar-refractivity contribution in [1.29, 1.82) is 0 Å². The highest BCUT2D eigenvalue weighted by Gasteiger charge is 2.26. The summed E-state index contributed by atoms with van der Waals surface area (Å²) in [6.07, 6.45) is 0.744. The molecule has 33 heavy (non-hydrogen) atoms. The third-order valence-corrected chi connectivity index (χ3v) is 7.81. The Morgan fingerprint density at radius 3 is 2.30 bits per heavy atom. The minimum atomic E-state index is -3.90. The Bertz CT molecular complexity index is 1140. The Kier molecular flexibility index (Phi) is 8.91. The van der Waals surface area contributed by atoms with Crippen molar-refractivity contribution in [1.82, 2.24) is 5.32 Å². The standard InChI is InChI=1S/C25H27FN2O3S2/c1-20-8-14-24(15-9-20)33(30,31)28(23-6-3-2-4-7-23)18-25(29)27-16-5-17-32-19-21-10-12-22(26)13-11-21/h2-4,6-15H,5,16-19H2,1H3,(H,27,29). The Morgan fingerprint density at radius 2 is 1.64 bits per heavy atom. The number of nitrogens with one attached hydrogen (secondary N) is 1. The van der Waals surface area contributed by atoms with Gasteiger partial charge in [0.15, 0.2) is 0 Å². The van der Waals surface area contributed by atoms with Crippen LogP contribution in [0, 0.1) is 12.7 Å². The number of halogens is 1. The predicted octanol–water partition coefficient (Wildman–Crippen LogP) is 4.77. The van der Waals surface area contributed by atoms with E-state index in [4.69, 9.17) is 0 Å². The first-order valence-corrected chi connectivity index (χ1v) is 13.2. The molecule has 0 fully saturated rings. The van der Waals surface area contributed by atoms with Crippen LogP contribution in [0.15, 0.2) is 83.8 Å². The summed E-state index contributed by atoms with van der Waals surface area (Å²) in [4.78, 5) is 12.7. The highest BCUT2D eigenvalue weighted by Crippen LogP contribution is 2.23. The fourth-order valence-corrected chi connectivity index (χ4v) is 5.45. The summed E-state index contributed by atoms with van der Waals surface area (Å²) < 4.78 is 40.6. The fraction of sp³-hybridized carbons (Fsp3) is 0.240. The van der Waals surface area contributed by atoms with Crippen LogP contribution in [-0.2, 0) is 20.6 Å². The molecule has 1 amide bonds. The molecule has 0 saturated heterocycles. The molecule has 0 spiro atoms. The summed E-state index contributed by atoms with van der Waals surface area (Å²) in [5.74, 6) is 0.977. The first-order valence-electron chi connectivity index (χ1n) is 10.6. The van der Waals surface area contributed by atoms with Crippen molar-refractivity contribution in [3.05, 3.63) is 95.8 Å². The van der Waals surface area contributed by atoms with E-state index in [2.05, 4.69) is 5.32 Å². The molecular formula is C25H27FN2O3S2. The van der Waals surface area contributed by atoms with Gasteiger partial charge in [0, 0.05) is 12.3 Å². The molecule has 8 heteroatoms. The molecule has 0 saturated carbocycles. The number of thioether (sulfide) groups is 1. The average Bonchev–Trinajstić information content (AvgIpc) is 2.81. The third-order valence-electron chi connectivity index (χ3n) is 4.91. The minimum Gasteiger partial charge on any atom is -0.354 e. The lowest BCUT2D eigenvalue weighted by molar-refractivity contribution is -0.119. The second-order valence-electron chi connectivity index (χ2n) is 7.54. The lowest BCUT2D eigenvalue weighted by atomic mass is 10.2. The van der Waals surface area contributed by atoms with Crippen LogP contribution in [0.25, 0.3) is 0 Å². The van der Waals surface area contributed by atoms with Gasteiger partial charge in [-0.25, -0.2) is 12.8 Å². The van der Waals surface area contributed by atoms with Crippen molar-refractivity contribution in [2.24, 2.45) is 0 Å².